The van der Waals surface area contributed by atoms with E-state index in [1.807, 2.05) is 0 Å². The maximum atomic E-state index is 12.6. The lowest BCUT2D eigenvalue weighted by atomic mass is 9.93. The normalized spacial score (nSPS) is 13.2. The van der Waals surface area contributed by atoms with Gasteiger partial charge < -0.3 is 0 Å². The summed E-state index contributed by atoms with van der Waals surface area (Å²) in [6, 6.07) is 11.3. The Morgan fingerprint density at radius 3 is 2.32 bits per heavy atom. The number of carbonyl (C=O) groups is 1. The molecule has 1 unspecified atom stereocenters. The predicted octanol–water partition coefficient (Wildman–Crippen LogP) is 4.67. The van der Waals surface area contributed by atoms with Crippen molar-refractivity contribution in [3.05, 3.63) is 58.3 Å². The highest BCUT2D eigenvalue weighted by molar-refractivity contribution is 7.10. The van der Waals surface area contributed by atoms with E-state index in [1.165, 1.54) is 11.3 Å². The smallest absolute Gasteiger partial charge is 0.293 e. The van der Waals surface area contributed by atoms with Crippen molar-refractivity contribution in [2.75, 3.05) is 0 Å². The Labute approximate surface area is 112 Å². The SMILES string of the molecule is O=C(c1ccccc1)C(CC(F)(F)F)c1cccs1. The van der Waals surface area contributed by atoms with Gasteiger partial charge in [-0.05, 0) is 11.4 Å². The van der Waals surface area contributed by atoms with Gasteiger partial charge in [-0.3, -0.25) is 4.79 Å². The Hall–Kier alpha value is -1.62. The molecule has 2 rings (SSSR count). The third kappa shape index (κ3) is 3.67. The van der Waals surface area contributed by atoms with Crippen LogP contribution in [0.5, 0.6) is 0 Å². The molecule has 0 aliphatic carbocycles. The average Bonchev–Trinajstić information content (AvgIpc) is 2.89. The van der Waals surface area contributed by atoms with Gasteiger partial charge in [0.1, 0.15) is 0 Å². The molecule has 0 fully saturated rings. The molecule has 2 aromatic rings. The van der Waals surface area contributed by atoms with Crippen LogP contribution in [0.25, 0.3) is 0 Å². The molecule has 100 valence electrons. The van der Waals surface area contributed by atoms with Gasteiger partial charge in [-0.2, -0.15) is 13.2 Å². The van der Waals surface area contributed by atoms with Crippen molar-refractivity contribution in [1.82, 2.24) is 0 Å². The monoisotopic (exact) mass is 284 g/mol. The van der Waals surface area contributed by atoms with E-state index >= 15 is 0 Å². The summed E-state index contributed by atoms with van der Waals surface area (Å²) in [6.07, 6.45) is -5.49. The van der Waals surface area contributed by atoms with Crippen LogP contribution >= 0.6 is 11.3 Å². The molecule has 1 atom stereocenters. The fourth-order valence-corrected chi connectivity index (χ4v) is 2.67. The Bertz CT molecular complexity index is 532. The predicted molar refractivity (Wildman–Crippen MR) is 68.5 cm³/mol. The Balaban J connectivity index is 2.31. The molecule has 0 N–H and O–H groups in total. The van der Waals surface area contributed by atoms with E-state index in [-0.39, 0.29) is 0 Å². The molecule has 0 spiro atoms. The molecule has 0 aliphatic heterocycles. The largest absolute Gasteiger partial charge is 0.390 e. The Kier molecular flexibility index (Phi) is 4.04. The van der Waals surface area contributed by atoms with Gasteiger partial charge in [-0.1, -0.05) is 36.4 Å². The third-order valence-electron chi connectivity index (χ3n) is 2.70. The number of benzene rings is 1. The summed E-state index contributed by atoms with van der Waals surface area (Å²) in [5.74, 6) is -1.64. The van der Waals surface area contributed by atoms with Crippen molar-refractivity contribution in [2.24, 2.45) is 0 Å². The number of rotatable bonds is 4. The third-order valence-corrected chi connectivity index (χ3v) is 3.68. The van der Waals surface area contributed by atoms with Crippen LogP contribution in [0.4, 0.5) is 13.2 Å². The lowest BCUT2D eigenvalue weighted by molar-refractivity contribution is -0.136. The number of halogens is 3. The van der Waals surface area contributed by atoms with E-state index in [1.54, 1.807) is 47.8 Å². The lowest BCUT2D eigenvalue weighted by Gasteiger charge is -2.16. The molecule has 5 heteroatoms. The molecule has 0 saturated carbocycles. The molecule has 19 heavy (non-hydrogen) atoms. The van der Waals surface area contributed by atoms with Crippen LogP contribution in [0.1, 0.15) is 27.6 Å². The van der Waals surface area contributed by atoms with Crippen LogP contribution in [0, 0.1) is 0 Å². The second kappa shape index (κ2) is 5.57. The van der Waals surface area contributed by atoms with Crippen LogP contribution < -0.4 is 0 Å². The zero-order valence-electron chi connectivity index (χ0n) is 9.85. The van der Waals surface area contributed by atoms with Crippen LogP contribution in [0.2, 0.25) is 0 Å². The van der Waals surface area contributed by atoms with E-state index in [0.717, 1.165) is 0 Å². The molecule has 0 saturated heterocycles. The average molecular weight is 284 g/mol. The number of hydrogen-bond acceptors (Lipinski definition) is 2. The fraction of sp³-hybridized carbons (Fsp3) is 0.214. The first-order chi connectivity index (χ1) is 8.97. The molecule has 0 bridgehead atoms. The summed E-state index contributed by atoms with van der Waals surface area (Å²) in [5.41, 5.74) is 0.310. The first kappa shape index (κ1) is 13.8. The highest BCUT2D eigenvalue weighted by Crippen LogP contribution is 2.35. The summed E-state index contributed by atoms with van der Waals surface area (Å²) >= 11 is 1.17. The van der Waals surface area contributed by atoms with Gasteiger partial charge in [0.05, 0.1) is 12.3 Å². The molecule has 1 aromatic carbocycles. The van der Waals surface area contributed by atoms with Crippen molar-refractivity contribution in [3.63, 3.8) is 0 Å². The standard InChI is InChI=1S/C14H11F3OS/c15-14(16,17)9-11(12-7-4-8-19-12)13(18)10-5-2-1-3-6-10/h1-8,11H,9H2. The van der Waals surface area contributed by atoms with Gasteiger partial charge in [-0.25, -0.2) is 0 Å². The Morgan fingerprint density at radius 2 is 1.79 bits per heavy atom. The maximum absolute atomic E-state index is 12.6. The van der Waals surface area contributed by atoms with Crippen LogP contribution in [0.15, 0.2) is 47.8 Å². The van der Waals surface area contributed by atoms with Gasteiger partial charge in [-0.15, -0.1) is 11.3 Å². The minimum Gasteiger partial charge on any atom is -0.293 e. The quantitative estimate of drug-likeness (QED) is 0.746. The first-order valence-electron chi connectivity index (χ1n) is 5.67. The van der Waals surface area contributed by atoms with Crippen molar-refractivity contribution in [1.29, 1.82) is 0 Å². The zero-order valence-corrected chi connectivity index (χ0v) is 10.7. The second-order valence-corrected chi connectivity index (χ2v) is 5.10. The highest BCUT2D eigenvalue weighted by Gasteiger charge is 2.36. The first-order valence-corrected chi connectivity index (χ1v) is 6.55. The number of thiophene rings is 1. The van der Waals surface area contributed by atoms with Crippen molar-refractivity contribution in [3.8, 4) is 0 Å². The molecule has 0 radical (unpaired) electrons. The van der Waals surface area contributed by atoms with E-state index in [9.17, 15) is 18.0 Å². The second-order valence-electron chi connectivity index (χ2n) is 4.12. The summed E-state index contributed by atoms with van der Waals surface area (Å²) in [4.78, 5) is 12.7. The fourth-order valence-electron chi connectivity index (χ4n) is 1.85. The number of hydrogen-bond donors (Lipinski definition) is 0. The van der Waals surface area contributed by atoms with Crippen molar-refractivity contribution in [2.45, 2.75) is 18.5 Å². The lowest BCUT2D eigenvalue weighted by Crippen LogP contribution is -2.20. The van der Waals surface area contributed by atoms with Gasteiger partial charge in [0, 0.05) is 10.4 Å². The number of carbonyl (C=O) groups excluding carboxylic acids is 1. The Morgan fingerprint density at radius 1 is 1.11 bits per heavy atom. The molecular formula is C14H11F3OS. The molecule has 0 aliphatic rings. The minimum atomic E-state index is -4.36. The van der Waals surface area contributed by atoms with E-state index in [2.05, 4.69) is 0 Å². The van der Waals surface area contributed by atoms with Gasteiger partial charge in [0.15, 0.2) is 5.78 Å². The highest BCUT2D eigenvalue weighted by atomic mass is 32.1. The van der Waals surface area contributed by atoms with Crippen molar-refractivity contribution < 1.29 is 18.0 Å². The summed E-state index contributed by atoms with van der Waals surface area (Å²) < 4.78 is 37.9. The van der Waals surface area contributed by atoms with Crippen molar-refractivity contribution >= 4 is 17.1 Å². The van der Waals surface area contributed by atoms with E-state index in [0.29, 0.717) is 10.4 Å². The molecule has 0 amide bonds. The minimum absolute atomic E-state index is 0.310. The van der Waals surface area contributed by atoms with Crippen LogP contribution in [-0.4, -0.2) is 12.0 Å². The topological polar surface area (TPSA) is 17.1 Å². The van der Waals surface area contributed by atoms with Gasteiger partial charge in [0.2, 0.25) is 0 Å². The zero-order chi connectivity index (χ0) is 13.9. The number of alkyl halides is 3. The summed E-state index contributed by atoms with van der Waals surface area (Å²) in [7, 11) is 0. The molecule has 1 heterocycles. The van der Waals surface area contributed by atoms with E-state index in [4.69, 9.17) is 0 Å². The molecule has 1 aromatic heterocycles. The van der Waals surface area contributed by atoms with Gasteiger partial charge >= 0.3 is 6.18 Å². The number of ketones is 1. The van der Waals surface area contributed by atoms with E-state index < -0.39 is 24.3 Å². The molecular weight excluding hydrogens is 273 g/mol. The van der Waals surface area contributed by atoms with Crippen LogP contribution in [-0.2, 0) is 0 Å². The van der Waals surface area contributed by atoms with Crippen LogP contribution in [0.3, 0.4) is 0 Å². The summed E-state index contributed by atoms with van der Waals surface area (Å²) in [6.45, 7) is 0. The summed E-state index contributed by atoms with van der Waals surface area (Å²) in [5, 5.41) is 1.68. The number of Topliss-reactive ketones (excluding diaryl/α,β-unsaturated/α-hetero) is 1. The maximum Gasteiger partial charge on any atom is 0.390 e. The van der Waals surface area contributed by atoms with Gasteiger partial charge in [0.25, 0.3) is 0 Å². The molecule has 1 nitrogen and oxygen atoms in total.